The molecule has 0 aromatic heterocycles. The van der Waals surface area contributed by atoms with E-state index in [1.165, 1.54) is 6.92 Å². The van der Waals surface area contributed by atoms with Crippen LogP contribution in [0.1, 0.15) is 13.3 Å². The molecule has 0 aliphatic carbocycles. The number of aliphatic carboxylic acids is 1. The molecule has 1 radical (unpaired) electrons. The Hall–Kier alpha value is 0.945. The smallest absolute Gasteiger partial charge is 0.310 e. The molecule has 0 rings (SSSR count). The van der Waals surface area contributed by atoms with E-state index in [0.29, 0.717) is 0 Å². The summed E-state index contributed by atoms with van der Waals surface area (Å²) in [4.78, 5) is 19.5. The molecule has 0 aromatic carbocycles. The van der Waals surface area contributed by atoms with Crippen LogP contribution in [0.4, 0.5) is 0 Å². The molecule has 3 nitrogen and oxygen atoms in total. The van der Waals surface area contributed by atoms with Gasteiger partial charge in [-0.15, -0.1) is 0 Å². The average Bonchev–Trinajstić information content (AvgIpc) is 1.27. The van der Waals surface area contributed by atoms with Gasteiger partial charge < -0.3 is 5.11 Å². The van der Waals surface area contributed by atoms with Crippen molar-refractivity contribution in [1.29, 1.82) is 0 Å². The molecule has 0 atom stereocenters. The van der Waals surface area contributed by atoms with Gasteiger partial charge in [-0.1, -0.05) is 0 Å². The number of rotatable bonds is 2. The fourth-order valence-electron chi connectivity index (χ4n) is 0.213. The molecule has 41 valence electrons. The zero-order valence-electron chi connectivity index (χ0n) is 4.97. The zero-order valence-corrected chi connectivity index (χ0v) is 9.89. The molecule has 0 saturated carbocycles. The number of carbonyl (C=O) groups is 2. The third-order valence-corrected chi connectivity index (χ3v) is 0.400. The van der Waals surface area contributed by atoms with Gasteiger partial charge in [0.15, 0.2) is 0 Å². The molecule has 8 heavy (non-hydrogen) atoms. The van der Waals surface area contributed by atoms with E-state index in [9.17, 15) is 9.59 Å². The second-order valence-electron chi connectivity index (χ2n) is 1.27. The SMILES string of the molecule is CC(=O)CC(=O)O.[Rb]. The molecule has 0 aromatic rings. The van der Waals surface area contributed by atoms with Crippen LogP contribution in [0.3, 0.4) is 0 Å². The summed E-state index contributed by atoms with van der Waals surface area (Å²) in [5.74, 6) is -1.37. The number of hydrogen-bond acceptors (Lipinski definition) is 2. The van der Waals surface area contributed by atoms with E-state index >= 15 is 0 Å². The Morgan fingerprint density at radius 2 is 1.88 bits per heavy atom. The van der Waals surface area contributed by atoms with Gasteiger partial charge in [-0.05, 0) is 6.92 Å². The van der Waals surface area contributed by atoms with Gasteiger partial charge in [0.2, 0.25) is 0 Å². The summed E-state index contributed by atoms with van der Waals surface area (Å²) in [6.45, 7) is 1.24. The molecule has 0 spiro atoms. The molecule has 0 bridgehead atoms. The van der Waals surface area contributed by atoms with Crippen molar-refractivity contribution in [1.82, 2.24) is 0 Å². The van der Waals surface area contributed by atoms with Gasteiger partial charge in [-0.2, -0.15) is 0 Å². The first-order valence-electron chi connectivity index (χ1n) is 1.84. The minimum Gasteiger partial charge on any atom is -0.481 e. The van der Waals surface area contributed by atoms with Crippen LogP contribution >= 0.6 is 0 Å². The minimum absolute atomic E-state index is 0. The van der Waals surface area contributed by atoms with Crippen LogP contribution < -0.4 is 0 Å². The van der Waals surface area contributed by atoms with Gasteiger partial charge in [-0.25, -0.2) is 0 Å². The molecule has 0 aliphatic rings. The van der Waals surface area contributed by atoms with E-state index in [1.54, 1.807) is 0 Å². The second kappa shape index (κ2) is 6.07. The van der Waals surface area contributed by atoms with Crippen molar-refractivity contribution < 1.29 is 14.7 Å². The van der Waals surface area contributed by atoms with Crippen LogP contribution in [0.5, 0.6) is 0 Å². The Labute approximate surface area is 96.2 Å². The molecule has 0 unspecified atom stereocenters. The summed E-state index contributed by atoms with van der Waals surface area (Å²) in [7, 11) is 0. The minimum atomic E-state index is -1.06. The number of Topliss-reactive ketones (excluding diaryl/α,β-unsaturated/α-hetero) is 1. The predicted octanol–water partition coefficient (Wildman–Crippen LogP) is -0.331. The third kappa shape index (κ3) is 10.0. The van der Waals surface area contributed by atoms with E-state index in [4.69, 9.17) is 5.11 Å². The molecule has 0 heterocycles. The Bertz CT molecular complexity index is 87.5. The van der Waals surface area contributed by atoms with Crippen LogP contribution in [0.25, 0.3) is 0 Å². The number of carbonyl (C=O) groups excluding carboxylic acids is 1. The molecule has 0 amide bonds. The van der Waals surface area contributed by atoms with Gasteiger partial charge in [0, 0.05) is 58.2 Å². The van der Waals surface area contributed by atoms with Crippen molar-refractivity contribution in [2.75, 3.05) is 0 Å². The summed E-state index contributed by atoms with van der Waals surface area (Å²) in [5.41, 5.74) is 0. The summed E-state index contributed by atoms with van der Waals surface area (Å²) in [5, 5.41) is 7.86. The summed E-state index contributed by atoms with van der Waals surface area (Å²) in [6.07, 6.45) is -0.361. The number of hydrogen-bond donors (Lipinski definition) is 1. The first kappa shape index (κ1) is 11.7. The monoisotopic (exact) mass is 187 g/mol. The Morgan fingerprint density at radius 3 is 1.88 bits per heavy atom. The molecule has 4 heteroatoms. The van der Waals surface area contributed by atoms with Crippen molar-refractivity contribution in [3.8, 4) is 0 Å². The van der Waals surface area contributed by atoms with Gasteiger partial charge in [-0.3, -0.25) is 9.59 Å². The Kier molecular flexibility index (Phi) is 8.88. The maximum Gasteiger partial charge on any atom is 0.310 e. The summed E-state index contributed by atoms with van der Waals surface area (Å²) in [6, 6.07) is 0. The van der Waals surface area contributed by atoms with E-state index in [-0.39, 0.29) is 70.4 Å². The third-order valence-electron chi connectivity index (χ3n) is 0.400. The summed E-state index contributed by atoms with van der Waals surface area (Å²) < 4.78 is 0. The fourth-order valence-corrected chi connectivity index (χ4v) is 0.213. The standard InChI is InChI=1S/C4H6O3.Rb/c1-3(5)2-4(6)7;/h2H2,1H3,(H,6,7);. The summed E-state index contributed by atoms with van der Waals surface area (Å²) >= 11 is 0. The van der Waals surface area contributed by atoms with Gasteiger partial charge in [0.1, 0.15) is 12.2 Å². The van der Waals surface area contributed by atoms with Crippen LogP contribution in [0, 0.1) is 0 Å². The average molecular weight is 188 g/mol. The van der Waals surface area contributed by atoms with E-state index in [0.717, 1.165) is 0 Å². The molecule has 0 aliphatic heterocycles. The molecular weight excluding hydrogens is 182 g/mol. The molecule has 0 fully saturated rings. The fraction of sp³-hybridized carbons (Fsp3) is 0.500. The van der Waals surface area contributed by atoms with Crippen molar-refractivity contribution in [2.45, 2.75) is 13.3 Å². The first-order chi connectivity index (χ1) is 3.13. The second-order valence-corrected chi connectivity index (χ2v) is 1.27. The Morgan fingerprint density at radius 1 is 1.50 bits per heavy atom. The molecular formula is C4H6O3Rb. The molecule has 0 saturated heterocycles. The number of carboxylic acid groups (broad SMARTS) is 1. The van der Waals surface area contributed by atoms with E-state index in [2.05, 4.69) is 0 Å². The zero-order chi connectivity index (χ0) is 5.86. The molecule has 1 N–H and O–H groups in total. The maximum atomic E-state index is 9.87. The Balaban J connectivity index is 0. The van der Waals surface area contributed by atoms with E-state index in [1.807, 2.05) is 0 Å². The van der Waals surface area contributed by atoms with Crippen molar-refractivity contribution >= 4 is 69.9 Å². The van der Waals surface area contributed by atoms with Crippen molar-refractivity contribution in [3.63, 3.8) is 0 Å². The number of carboxylic acids is 1. The van der Waals surface area contributed by atoms with Gasteiger partial charge in [0.05, 0.1) is 0 Å². The van der Waals surface area contributed by atoms with Crippen molar-refractivity contribution in [2.24, 2.45) is 0 Å². The maximum absolute atomic E-state index is 9.87. The number of ketones is 1. The van der Waals surface area contributed by atoms with Crippen LogP contribution in [-0.4, -0.2) is 75.0 Å². The van der Waals surface area contributed by atoms with Crippen LogP contribution in [-0.2, 0) is 9.59 Å². The predicted molar refractivity (Wildman–Crippen MR) is 28.7 cm³/mol. The van der Waals surface area contributed by atoms with Crippen LogP contribution in [0.2, 0.25) is 0 Å². The topological polar surface area (TPSA) is 54.4 Å². The van der Waals surface area contributed by atoms with Crippen LogP contribution in [0.15, 0.2) is 0 Å². The normalized spacial score (nSPS) is 7.12. The van der Waals surface area contributed by atoms with Gasteiger partial charge >= 0.3 is 5.97 Å². The first-order valence-corrected chi connectivity index (χ1v) is 1.84. The van der Waals surface area contributed by atoms with Crippen molar-refractivity contribution in [3.05, 3.63) is 0 Å². The largest absolute Gasteiger partial charge is 0.481 e. The van der Waals surface area contributed by atoms with Gasteiger partial charge in [0.25, 0.3) is 0 Å². The quantitative estimate of drug-likeness (QED) is 0.603. The van der Waals surface area contributed by atoms with E-state index < -0.39 is 5.97 Å².